The molecule has 0 saturated carbocycles. The van der Waals surface area contributed by atoms with Gasteiger partial charge in [0.15, 0.2) is 6.61 Å². The Hall–Kier alpha value is -2.82. The predicted octanol–water partition coefficient (Wildman–Crippen LogP) is 4.36. The SMILES string of the molecule is CC[C@@H](C)NC(=O)c1ccccc1NC(=O)COc1ccccc1C(C)C. The van der Waals surface area contributed by atoms with Crippen molar-refractivity contribution in [3.05, 3.63) is 59.7 Å². The van der Waals surface area contributed by atoms with E-state index in [2.05, 4.69) is 24.5 Å². The van der Waals surface area contributed by atoms with Crippen LogP contribution in [0.25, 0.3) is 0 Å². The molecule has 5 nitrogen and oxygen atoms in total. The Morgan fingerprint density at radius 3 is 2.37 bits per heavy atom. The number of carbonyl (C=O) groups is 2. The van der Waals surface area contributed by atoms with Crippen LogP contribution in [0.2, 0.25) is 0 Å². The molecule has 0 saturated heterocycles. The predicted molar refractivity (Wildman–Crippen MR) is 108 cm³/mol. The van der Waals surface area contributed by atoms with Gasteiger partial charge < -0.3 is 15.4 Å². The third kappa shape index (κ3) is 5.84. The highest BCUT2D eigenvalue weighted by molar-refractivity contribution is 6.04. The first-order valence-electron chi connectivity index (χ1n) is 9.33. The zero-order valence-electron chi connectivity index (χ0n) is 16.4. The largest absolute Gasteiger partial charge is 0.483 e. The van der Waals surface area contributed by atoms with Gasteiger partial charge in [-0.3, -0.25) is 9.59 Å². The average molecular weight is 368 g/mol. The highest BCUT2D eigenvalue weighted by Crippen LogP contribution is 2.25. The van der Waals surface area contributed by atoms with Gasteiger partial charge in [-0.1, -0.05) is 51.1 Å². The van der Waals surface area contributed by atoms with Crippen LogP contribution in [0.5, 0.6) is 5.75 Å². The summed E-state index contributed by atoms with van der Waals surface area (Å²) in [6, 6.07) is 14.7. The minimum atomic E-state index is -0.308. The van der Waals surface area contributed by atoms with Gasteiger partial charge in [0.05, 0.1) is 11.3 Å². The van der Waals surface area contributed by atoms with Crippen molar-refractivity contribution in [2.45, 2.75) is 46.1 Å². The van der Waals surface area contributed by atoms with Crippen LogP contribution in [0.15, 0.2) is 48.5 Å². The summed E-state index contributed by atoms with van der Waals surface area (Å²) in [5.74, 6) is 0.489. The Balaban J connectivity index is 2.03. The van der Waals surface area contributed by atoms with Gasteiger partial charge in [-0.2, -0.15) is 0 Å². The Kier molecular flexibility index (Phi) is 7.41. The summed E-state index contributed by atoms with van der Waals surface area (Å²) in [5.41, 5.74) is 1.97. The standard InChI is InChI=1S/C22H28N2O3/c1-5-16(4)23-22(26)18-11-6-8-12-19(18)24-21(25)14-27-20-13-9-7-10-17(20)15(2)3/h6-13,15-16H,5,14H2,1-4H3,(H,23,26)(H,24,25)/t16-/m1/s1. The van der Waals surface area contributed by atoms with E-state index in [0.717, 1.165) is 12.0 Å². The molecule has 2 aromatic carbocycles. The lowest BCUT2D eigenvalue weighted by atomic mass is 10.0. The van der Waals surface area contributed by atoms with Crippen LogP contribution < -0.4 is 15.4 Å². The molecule has 0 heterocycles. The van der Waals surface area contributed by atoms with E-state index in [1.165, 1.54) is 0 Å². The molecule has 144 valence electrons. The molecule has 0 radical (unpaired) electrons. The van der Waals surface area contributed by atoms with Crippen molar-refractivity contribution in [1.29, 1.82) is 0 Å². The summed E-state index contributed by atoms with van der Waals surface area (Å²) in [6.07, 6.45) is 0.837. The van der Waals surface area contributed by atoms with Gasteiger partial charge in [0.2, 0.25) is 0 Å². The smallest absolute Gasteiger partial charge is 0.262 e. The van der Waals surface area contributed by atoms with Crippen molar-refractivity contribution in [2.75, 3.05) is 11.9 Å². The molecule has 2 amide bonds. The zero-order chi connectivity index (χ0) is 19.8. The Morgan fingerprint density at radius 2 is 1.67 bits per heavy atom. The molecule has 2 aromatic rings. The first-order chi connectivity index (χ1) is 12.9. The van der Waals surface area contributed by atoms with Gasteiger partial charge >= 0.3 is 0 Å². The normalized spacial score (nSPS) is 11.7. The summed E-state index contributed by atoms with van der Waals surface area (Å²) < 4.78 is 5.70. The van der Waals surface area contributed by atoms with E-state index in [4.69, 9.17) is 4.74 Å². The highest BCUT2D eigenvalue weighted by Gasteiger charge is 2.15. The molecular formula is C22H28N2O3. The van der Waals surface area contributed by atoms with Crippen molar-refractivity contribution < 1.29 is 14.3 Å². The van der Waals surface area contributed by atoms with E-state index >= 15 is 0 Å². The lowest BCUT2D eigenvalue weighted by Crippen LogP contribution is -2.33. The molecule has 1 atom stereocenters. The van der Waals surface area contributed by atoms with Crippen LogP contribution in [0.4, 0.5) is 5.69 Å². The van der Waals surface area contributed by atoms with Crippen LogP contribution in [-0.4, -0.2) is 24.5 Å². The number of amides is 2. The second kappa shape index (κ2) is 9.76. The van der Waals surface area contributed by atoms with E-state index in [-0.39, 0.29) is 24.5 Å². The number of carbonyl (C=O) groups excluding carboxylic acids is 2. The fraction of sp³-hybridized carbons (Fsp3) is 0.364. The van der Waals surface area contributed by atoms with Crippen molar-refractivity contribution in [2.24, 2.45) is 0 Å². The number of ether oxygens (including phenoxy) is 1. The molecule has 0 unspecified atom stereocenters. The quantitative estimate of drug-likeness (QED) is 0.728. The van der Waals surface area contributed by atoms with Crippen molar-refractivity contribution in [3.63, 3.8) is 0 Å². The van der Waals surface area contributed by atoms with Gasteiger partial charge in [0, 0.05) is 6.04 Å². The number of benzene rings is 2. The summed E-state index contributed by atoms with van der Waals surface area (Å²) >= 11 is 0. The van der Waals surface area contributed by atoms with Crippen LogP contribution in [-0.2, 0) is 4.79 Å². The molecule has 0 bridgehead atoms. The fourth-order valence-corrected chi connectivity index (χ4v) is 2.61. The van der Waals surface area contributed by atoms with Gasteiger partial charge in [-0.25, -0.2) is 0 Å². The lowest BCUT2D eigenvalue weighted by Gasteiger charge is -2.16. The first kappa shape index (κ1) is 20.5. The fourth-order valence-electron chi connectivity index (χ4n) is 2.61. The molecule has 0 aliphatic heterocycles. The summed E-state index contributed by atoms with van der Waals surface area (Å²) in [5, 5.41) is 5.69. The van der Waals surface area contributed by atoms with Crippen molar-refractivity contribution >= 4 is 17.5 Å². The topological polar surface area (TPSA) is 67.4 Å². The second-order valence-corrected chi connectivity index (χ2v) is 6.86. The third-order valence-electron chi connectivity index (χ3n) is 4.34. The number of rotatable bonds is 8. The van der Waals surface area contributed by atoms with Gasteiger partial charge in [0.25, 0.3) is 11.8 Å². The summed E-state index contributed by atoms with van der Waals surface area (Å²) in [4.78, 5) is 24.8. The monoisotopic (exact) mass is 368 g/mol. The third-order valence-corrected chi connectivity index (χ3v) is 4.34. The molecule has 5 heteroatoms. The molecule has 0 fully saturated rings. The number of hydrogen-bond donors (Lipinski definition) is 2. The van der Waals surface area contributed by atoms with E-state index in [1.807, 2.05) is 38.1 Å². The molecule has 0 aliphatic carbocycles. The second-order valence-electron chi connectivity index (χ2n) is 6.86. The number of anilines is 1. The van der Waals surface area contributed by atoms with E-state index in [0.29, 0.717) is 22.9 Å². The minimum Gasteiger partial charge on any atom is -0.483 e. The lowest BCUT2D eigenvalue weighted by molar-refractivity contribution is -0.118. The number of nitrogens with one attached hydrogen (secondary N) is 2. The van der Waals surface area contributed by atoms with E-state index in [1.54, 1.807) is 24.3 Å². The molecular weight excluding hydrogens is 340 g/mol. The molecule has 0 aliphatic rings. The van der Waals surface area contributed by atoms with E-state index < -0.39 is 0 Å². The van der Waals surface area contributed by atoms with Crippen LogP contribution in [0, 0.1) is 0 Å². The highest BCUT2D eigenvalue weighted by atomic mass is 16.5. The maximum atomic E-state index is 12.4. The van der Waals surface area contributed by atoms with E-state index in [9.17, 15) is 9.59 Å². The molecule has 2 rings (SSSR count). The molecule has 27 heavy (non-hydrogen) atoms. The Labute approximate surface area is 161 Å². The summed E-state index contributed by atoms with van der Waals surface area (Å²) in [7, 11) is 0. The summed E-state index contributed by atoms with van der Waals surface area (Å²) in [6.45, 7) is 7.98. The van der Waals surface area contributed by atoms with Crippen molar-refractivity contribution in [3.8, 4) is 5.75 Å². The van der Waals surface area contributed by atoms with Gasteiger partial charge in [0.1, 0.15) is 5.75 Å². The minimum absolute atomic E-state index is 0.0668. The zero-order valence-corrected chi connectivity index (χ0v) is 16.4. The Morgan fingerprint density at radius 1 is 1.00 bits per heavy atom. The molecule has 0 spiro atoms. The first-order valence-corrected chi connectivity index (χ1v) is 9.33. The van der Waals surface area contributed by atoms with Crippen molar-refractivity contribution in [1.82, 2.24) is 5.32 Å². The maximum Gasteiger partial charge on any atom is 0.262 e. The average Bonchev–Trinajstić information content (AvgIpc) is 2.66. The molecule has 2 N–H and O–H groups in total. The number of para-hydroxylation sites is 2. The van der Waals surface area contributed by atoms with Gasteiger partial charge in [-0.15, -0.1) is 0 Å². The van der Waals surface area contributed by atoms with Crippen LogP contribution >= 0.6 is 0 Å². The van der Waals surface area contributed by atoms with Crippen LogP contribution in [0.1, 0.15) is 56.0 Å². The maximum absolute atomic E-state index is 12.4. The van der Waals surface area contributed by atoms with Crippen LogP contribution in [0.3, 0.4) is 0 Å². The number of hydrogen-bond acceptors (Lipinski definition) is 3. The van der Waals surface area contributed by atoms with Gasteiger partial charge in [-0.05, 0) is 43.0 Å². The Bertz CT molecular complexity index is 787. The molecule has 0 aromatic heterocycles.